The first-order chi connectivity index (χ1) is 11.8. The molecule has 1 saturated heterocycles. The van der Waals surface area contributed by atoms with Crippen LogP contribution < -0.4 is 0 Å². The molecular formula is C16H19ClN2O3S3. The van der Waals surface area contributed by atoms with Crippen LogP contribution in [0.3, 0.4) is 0 Å². The van der Waals surface area contributed by atoms with Crippen molar-refractivity contribution in [2.24, 2.45) is 0 Å². The van der Waals surface area contributed by atoms with Gasteiger partial charge in [-0.15, -0.1) is 11.3 Å². The largest absolute Gasteiger partial charge is 0.338 e. The van der Waals surface area contributed by atoms with Gasteiger partial charge in [0.25, 0.3) is 0 Å². The second-order valence-electron chi connectivity index (χ2n) is 6.03. The van der Waals surface area contributed by atoms with E-state index < -0.39 is 9.84 Å². The number of benzene rings is 1. The monoisotopic (exact) mass is 418 g/mol. The van der Waals surface area contributed by atoms with Gasteiger partial charge in [0.1, 0.15) is 0 Å². The van der Waals surface area contributed by atoms with Crippen molar-refractivity contribution in [1.82, 2.24) is 9.88 Å². The molecule has 2 atom stereocenters. The molecule has 25 heavy (non-hydrogen) atoms. The molecule has 1 aromatic carbocycles. The Hall–Kier alpha value is -0.830. The van der Waals surface area contributed by atoms with E-state index in [1.54, 1.807) is 4.90 Å². The lowest BCUT2D eigenvalue weighted by Gasteiger charge is -2.29. The average Bonchev–Trinajstić information content (AvgIpc) is 3.09. The second kappa shape index (κ2) is 7.42. The van der Waals surface area contributed by atoms with E-state index in [1.807, 2.05) is 32.0 Å². The SMILES string of the molecule is CCN(C(=O)[C@@H](C)Sc1nc2cc(Cl)ccc2s1)[C@H]1CCS(=O)(=O)C1. The molecule has 1 aromatic heterocycles. The molecule has 2 aromatic rings. The highest BCUT2D eigenvalue weighted by molar-refractivity contribution is 8.02. The number of carbonyl (C=O) groups is 1. The summed E-state index contributed by atoms with van der Waals surface area (Å²) in [4.78, 5) is 19.0. The molecule has 1 aliphatic heterocycles. The Morgan fingerprint density at radius 3 is 2.92 bits per heavy atom. The third kappa shape index (κ3) is 4.30. The van der Waals surface area contributed by atoms with E-state index in [0.29, 0.717) is 18.0 Å². The third-order valence-electron chi connectivity index (χ3n) is 4.23. The summed E-state index contributed by atoms with van der Waals surface area (Å²) < 4.78 is 25.3. The highest BCUT2D eigenvalue weighted by Crippen LogP contribution is 2.34. The standard InChI is InChI=1S/C16H19ClN2O3S3/c1-3-19(12-6-7-25(21,22)9-12)15(20)10(2)23-16-18-13-8-11(17)4-5-14(13)24-16/h4-5,8,10,12H,3,6-7,9H2,1-2H3/t10-,12+/m1/s1. The van der Waals surface area contributed by atoms with Crippen LogP contribution in [0.15, 0.2) is 22.5 Å². The van der Waals surface area contributed by atoms with Crippen LogP contribution in [0.1, 0.15) is 20.3 Å². The summed E-state index contributed by atoms with van der Waals surface area (Å²) in [6, 6.07) is 5.35. The number of sulfone groups is 1. The zero-order chi connectivity index (χ0) is 18.2. The van der Waals surface area contributed by atoms with Crippen LogP contribution in [-0.4, -0.2) is 53.6 Å². The number of hydrogen-bond donors (Lipinski definition) is 0. The van der Waals surface area contributed by atoms with Gasteiger partial charge in [-0.2, -0.15) is 0 Å². The first kappa shape index (κ1) is 18.9. The highest BCUT2D eigenvalue weighted by atomic mass is 35.5. The highest BCUT2D eigenvalue weighted by Gasteiger charge is 2.35. The number of halogens is 1. The molecule has 3 rings (SSSR count). The van der Waals surface area contributed by atoms with Crippen molar-refractivity contribution in [2.45, 2.75) is 35.9 Å². The van der Waals surface area contributed by atoms with E-state index in [1.165, 1.54) is 23.1 Å². The van der Waals surface area contributed by atoms with E-state index in [9.17, 15) is 13.2 Å². The number of carbonyl (C=O) groups excluding carboxylic acids is 1. The Morgan fingerprint density at radius 1 is 1.52 bits per heavy atom. The fraction of sp³-hybridized carbons (Fsp3) is 0.500. The third-order valence-corrected chi connectivity index (χ3v) is 8.43. The van der Waals surface area contributed by atoms with Gasteiger partial charge in [0.05, 0.1) is 27.0 Å². The molecule has 9 heteroatoms. The van der Waals surface area contributed by atoms with Gasteiger partial charge in [-0.25, -0.2) is 13.4 Å². The van der Waals surface area contributed by atoms with Crippen LogP contribution in [0, 0.1) is 0 Å². The zero-order valence-corrected chi connectivity index (χ0v) is 17.1. The lowest BCUT2D eigenvalue weighted by Crippen LogP contribution is -2.44. The Bertz CT molecular complexity index is 897. The lowest BCUT2D eigenvalue weighted by atomic mass is 10.2. The quantitative estimate of drug-likeness (QED) is 0.695. The lowest BCUT2D eigenvalue weighted by molar-refractivity contribution is -0.131. The second-order valence-corrected chi connectivity index (χ2v) is 11.3. The number of amides is 1. The summed E-state index contributed by atoms with van der Waals surface area (Å²) in [6.07, 6.45) is 0.527. The van der Waals surface area contributed by atoms with Gasteiger partial charge in [0.2, 0.25) is 5.91 Å². The molecule has 0 spiro atoms. The summed E-state index contributed by atoms with van der Waals surface area (Å²) in [5, 5.41) is 0.317. The van der Waals surface area contributed by atoms with Crippen molar-refractivity contribution in [2.75, 3.05) is 18.1 Å². The van der Waals surface area contributed by atoms with E-state index >= 15 is 0 Å². The molecule has 0 bridgehead atoms. The molecule has 0 unspecified atom stereocenters. The number of fused-ring (bicyclic) bond motifs is 1. The number of rotatable bonds is 5. The molecule has 0 aliphatic carbocycles. The number of hydrogen-bond acceptors (Lipinski definition) is 6. The molecule has 0 radical (unpaired) electrons. The maximum Gasteiger partial charge on any atom is 0.236 e. The van der Waals surface area contributed by atoms with E-state index in [4.69, 9.17) is 11.6 Å². The molecule has 5 nitrogen and oxygen atoms in total. The topological polar surface area (TPSA) is 67.3 Å². The summed E-state index contributed by atoms with van der Waals surface area (Å²) in [7, 11) is -3.01. The Labute approximate surface area is 160 Å². The number of thiazole rings is 1. The number of thioether (sulfide) groups is 1. The van der Waals surface area contributed by atoms with Crippen LogP contribution in [0.25, 0.3) is 10.2 Å². The maximum atomic E-state index is 12.8. The van der Waals surface area contributed by atoms with Gasteiger partial charge in [-0.05, 0) is 38.5 Å². The normalized spacial score (nSPS) is 20.7. The van der Waals surface area contributed by atoms with Crippen molar-refractivity contribution < 1.29 is 13.2 Å². The first-order valence-corrected chi connectivity index (χ1v) is 11.9. The summed E-state index contributed by atoms with van der Waals surface area (Å²) in [5.74, 6) is 0.206. The summed E-state index contributed by atoms with van der Waals surface area (Å²) in [5.41, 5.74) is 0.828. The van der Waals surface area contributed by atoms with Gasteiger partial charge >= 0.3 is 0 Å². The number of nitrogens with zero attached hydrogens (tertiary/aromatic N) is 2. The maximum absolute atomic E-state index is 12.8. The smallest absolute Gasteiger partial charge is 0.236 e. The van der Waals surface area contributed by atoms with Crippen molar-refractivity contribution in [3.8, 4) is 0 Å². The Kier molecular flexibility index (Phi) is 5.63. The molecule has 1 fully saturated rings. The van der Waals surface area contributed by atoms with Crippen LogP contribution in [0.5, 0.6) is 0 Å². The molecule has 1 amide bonds. The van der Waals surface area contributed by atoms with Crippen LogP contribution in [0.4, 0.5) is 0 Å². The average molecular weight is 419 g/mol. The molecular weight excluding hydrogens is 400 g/mol. The summed E-state index contributed by atoms with van der Waals surface area (Å²) >= 11 is 8.93. The Morgan fingerprint density at radius 2 is 2.28 bits per heavy atom. The van der Waals surface area contributed by atoms with Crippen LogP contribution in [0.2, 0.25) is 5.02 Å². The predicted octanol–water partition coefficient (Wildman–Crippen LogP) is 3.47. The van der Waals surface area contributed by atoms with Crippen LogP contribution >= 0.6 is 34.7 Å². The van der Waals surface area contributed by atoms with Gasteiger partial charge in [-0.1, -0.05) is 23.4 Å². The number of aromatic nitrogens is 1. The minimum absolute atomic E-state index is 0.0353. The molecule has 1 aliphatic rings. The molecule has 0 N–H and O–H groups in total. The van der Waals surface area contributed by atoms with E-state index in [2.05, 4.69) is 4.98 Å². The van der Waals surface area contributed by atoms with E-state index in [-0.39, 0.29) is 28.7 Å². The minimum atomic E-state index is -3.01. The minimum Gasteiger partial charge on any atom is -0.338 e. The molecule has 136 valence electrons. The van der Waals surface area contributed by atoms with Crippen molar-refractivity contribution in [1.29, 1.82) is 0 Å². The van der Waals surface area contributed by atoms with E-state index in [0.717, 1.165) is 14.6 Å². The van der Waals surface area contributed by atoms with Gasteiger partial charge in [0, 0.05) is 17.6 Å². The molecule has 0 saturated carbocycles. The fourth-order valence-corrected chi connectivity index (χ4v) is 7.14. The Balaban J connectivity index is 1.72. The van der Waals surface area contributed by atoms with Crippen molar-refractivity contribution in [3.63, 3.8) is 0 Å². The molecule has 2 heterocycles. The summed E-state index contributed by atoms with van der Waals surface area (Å²) in [6.45, 7) is 4.25. The van der Waals surface area contributed by atoms with Crippen molar-refractivity contribution in [3.05, 3.63) is 23.2 Å². The fourth-order valence-electron chi connectivity index (χ4n) is 2.98. The first-order valence-electron chi connectivity index (χ1n) is 8.02. The predicted molar refractivity (Wildman–Crippen MR) is 104 cm³/mol. The van der Waals surface area contributed by atoms with Gasteiger partial charge in [0.15, 0.2) is 14.2 Å². The van der Waals surface area contributed by atoms with Gasteiger partial charge in [-0.3, -0.25) is 4.79 Å². The zero-order valence-electron chi connectivity index (χ0n) is 13.9. The van der Waals surface area contributed by atoms with Crippen molar-refractivity contribution >= 4 is 60.7 Å². The van der Waals surface area contributed by atoms with Gasteiger partial charge < -0.3 is 4.90 Å². The van der Waals surface area contributed by atoms with Crippen LogP contribution in [-0.2, 0) is 14.6 Å².